The number of ether oxygens (including phenoxy) is 1. The summed E-state index contributed by atoms with van der Waals surface area (Å²) in [6.07, 6.45) is 2.65. The van der Waals surface area contributed by atoms with Crippen LogP contribution in [0.3, 0.4) is 0 Å². The van der Waals surface area contributed by atoms with Gasteiger partial charge in [0.25, 0.3) is 0 Å². The monoisotopic (exact) mass is 568 g/mol. The van der Waals surface area contributed by atoms with E-state index in [9.17, 15) is 8.78 Å². The van der Waals surface area contributed by atoms with Crippen molar-refractivity contribution in [2.45, 2.75) is 19.0 Å². The van der Waals surface area contributed by atoms with E-state index in [4.69, 9.17) is 4.74 Å². The first-order valence-corrected chi connectivity index (χ1v) is 10.4. The Hall–Kier alpha value is -2.89. The van der Waals surface area contributed by atoms with Gasteiger partial charge in [-0.25, -0.2) is 13.5 Å². The molecule has 1 aliphatic rings. The fourth-order valence-corrected chi connectivity index (χ4v) is 3.77. The number of methoxy groups -OCH3 is 1. The first-order chi connectivity index (χ1) is 15.6. The van der Waals surface area contributed by atoms with Gasteiger partial charge >= 0.3 is 0 Å². The van der Waals surface area contributed by atoms with E-state index in [2.05, 4.69) is 20.7 Å². The van der Waals surface area contributed by atoms with Crippen LogP contribution in [0.4, 0.5) is 14.5 Å². The summed E-state index contributed by atoms with van der Waals surface area (Å²) in [6, 6.07) is 13.6. The van der Waals surface area contributed by atoms with Crippen molar-refractivity contribution < 1.29 is 13.5 Å². The summed E-state index contributed by atoms with van der Waals surface area (Å²) in [5.41, 5.74) is 1.82. The molecule has 4 rings (SSSR count). The van der Waals surface area contributed by atoms with Crippen LogP contribution >= 0.6 is 24.0 Å². The van der Waals surface area contributed by atoms with E-state index < -0.39 is 11.6 Å². The lowest BCUT2D eigenvalue weighted by molar-refractivity contribution is 0.414. The molecule has 0 aliphatic carbocycles. The number of halogens is 3. The van der Waals surface area contributed by atoms with Gasteiger partial charge in [0.05, 0.1) is 25.0 Å². The molecule has 3 aromatic rings. The molecule has 2 N–H and O–H groups in total. The predicted molar refractivity (Wildman–Crippen MR) is 136 cm³/mol. The highest BCUT2D eigenvalue weighted by Gasteiger charge is 2.27. The number of hydrogen-bond donors (Lipinski definition) is 2. The molecular formula is C23H27F2IN6O. The predicted octanol–water partition coefficient (Wildman–Crippen LogP) is 3.72. The Morgan fingerprint density at radius 3 is 2.55 bits per heavy atom. The summed E-state index contributed by atoms with van der Waals surface area (Å²) in [7, 11) is 3.32. The van der Waals surface area contributed by atoms with Crippen molar-refractivity contribution in [2.24, 2.45) is 4.99 Å². The molecule has 7 nitrogen and oxygen atoms in total. The molecule has 1 unspecified atom stereocenters. The molecule has 1 atom stereocenters. The number of rotatable bonds is 6. The van der Waals surface area contributed by atoms with Crippen LogP contribution in [0.15, 0.2) is 59.7 Å². The lowest BCUT2D eigenvalue weighted by Gasteiger charge is -2.21. The Morgan fingerprint density at radius 1 is 1.15 bits per heavy atom. The minimum absolute atomic E-state index is 0. The van der Waals surface area contributed by atoms with Crippen LogP contribution in [0.5, 0.6) is 5.75 Å². The first kappa shape index (κ1) is 24.7. The van der Waals surface area contributed by atoms with Gasteiger partial charge in [-0.1, -0.05) is 6.07 Å². The third-order valence-electron chi connectivity index (χ3n) is 5.42. The van der Waals surface area contributed by atoms with Crippen molar-refractivity contribution in [1.29, 1.82) is 0 Å². The van der Waals surface area contributed by atoms with E-state index in [-0.39, 0.29) is 35.7 Å². The normalized spacial score (nSPS) is 15.8. The molecule has 0 saturated carbocycles. The smallest absolute Gasteiger partial charge is 0.191 e. The van der Waals surface area contributed by atoms with Gasteiger partial charge in [0.2, 0.25) is 0 Å². The summed E-state index contributed by atoms with van der Waals surface area (Å²) < 4.78 is 35.1. The minimum Gasteiger partial charge on any atom is -0.497 e. The molecule has 10 heteroatoms. The van der Waals surface area contributed by atoms with Crippen LogP contribution in [0, 0.1) is 11.6 Å². The summed E-state index contributed by atoms with van der Waals surface area (Å²) >= 11 is 0. The fourth-order valence-electron chi connectivity index (χ4n) is 3.77. The van der Waals surface area contributed by atoms with Gasteiger partial charge in [0, 0.05) is 32.4 Å². The molecule has 1 aromatic heterocycles. The number of guanidine groups is 1. The van der Waals surface area contributed by atoms with Gasteiger partial charge in [0.1, 0.15) is 23.1 Å². The number of nitrogens with one attached hydrogen (secondary N) is 2. The van der Waals surface area contributed by atoms with Crippen LogP contribution in [0.25, 0.3) is 5.69 Å². The van der Waals surface area contributed by atoms with Gasteiger partial charge in [-0.15, -0.1) is 24.0 Å². The molecule has 0 radical (unpaired) electrons. The van der Waals surface area contributed by atoms with Crippen molar-refractivity contribution in [3.05, 3.63) is 72.1 Å². The molecule has 1 saturated heterocycles. The molecule has 33 heavy (non-hydrogen) atoms. The van der Waals surface area contributed by atoms with Crippen LogP contribution in [-0.4, -0.2) is 49.0 Å². The fraction of sp³-hybridized carbons (Fsp3) is 0.304. The average molecular weight is 568 g/mol. The highest BCUT2D eigenvalue weighted by molar-refractivity contribution is 14.0. The molecule has 176 valence electrons. The molecule has 1 aliphatic heterocycles. The van der Waals surface area contributed by atoms with E-state index >= 15 is 0 Å². The van der Waals surface area contributed by atoms with Gasteiger partial charge in [0.15, 0.2) is 5.96 Å². The molecular weight excluding hydrogens is 541 g/mol. The van der Waals surface area contributed by atoms with Crippen LogP contribution in [-0.2, 0) is 6.54 Å². The molecule has 1 fully saturated rings. The third kappa shape index (κ3) is 5.92. The number of hydrogen-bond acceptors (Lipinski definition) is 4. The summed E-state index contributed by atoms with van der Waals surface area (Å²) in [6.45, 7) is 1.55. The summed E-state index contributed by atoms with van der Waals surface area (Å²) in [5, 5.41) is 11.2. The number of aliphatic imine (C=N–C) groups is 1. The van der Waals surface area contributed by atoms with Crippen molar-refractivity contribution in [2.75, 3.05) is 32.1 Å². The number of anilines is 1. The highest BCUT2D eigenvalue weighted by atomic mass is 127. The lowest BCUT2D eigenvalue weighted by Crippen LogP contribution is -2.44. The Balaban J connectivity index is 0.00000306. The number of benzene rings is 2. The topological polar surface area (TPSA) is 66.7 Å². The SMILES string of the molecule is CN=C(NCc1ccn(-c2ccc(OC)cc2)n1)NC1CCN(c2c(F)cccc2F)C1.I. The Morgan fingerprint density at radius 2 is 1.88 bits per heavy atom. The molecule has 2 aromatic carbocycles. The second kappa shape index (κ2) is 11.3. The number of nitrogens with zero attached hydrogens (tertiary/aromatic N) is 4. The van der Waals surface area contributed by atoms with E-state index in [0.717, 1.165) is 23.6 Å². The Labute approximate surface area is 208 Å². The maximum absolute atomic E-state index is 14.1. The largest absolute Gasteiger partial charge is 0.497 e. The Bertz CT molecular complexity index is 1070. The summed E-state index contributed by atoms with van der Waals surface area (Å²) in [4.78, 5) is 5.99. The maximum Gasteiger partial charge on any atom is 0.191 e. The highest BCUT2D eigenvalue weighted by Crippen LogP contribution is 2.26. The minimum atomic E-state index is -0.541. The molecule has 2 heterocycles. The zero-order valence-corrected chi connectivity index (χ0v) is 20.8. The second-order valence-electron chi connectivity index (χ2n) is 7.52. The maximum atomic E-state index is 14.1. The van der Waals surface area contributed by atoms with Crippen molar-refractivity contribution >= 4 is 35.6 Å². The molecule has 0 amide bonds. The van der Waals surface area contributed by atoms with E-state index in [1.54, 1.807) is 23.7 Å². The van der Waals surface area contributed by atoms with Gasteiger partial charge in [-0.05, 0) is 48.9 Å². The van der Waals surface area contributed by atoms with Crippen molar-refractivity contribution in [1.82, 2.24) is 20.4 Å². The number of para-hydroxylation sites is 1. The molecule has 0 bridgehead atoms. The van der Waals surface area contributed by atoms with Crippen LogP contribution < -0.4 is 20.3 Å². The second-order valence-corrected chi connectivity index (χ2v) is 7.52. The standard InChI is InChI=1S/C23H26F2N6O.HI/c1-26-23(28-17-10-12-30(15-17)22-20(24)4-3-5-21(22)25)27-14-16-11-13-31(29-16)18-6-8-19(32-2)9-7-18;/h3-9,11,13,17H,10,12,14-15H2,1-2H3,(H2,26,27,28);1H. The number of aromatic nitrogens is 2. The van der Waals surface area contributed by atoms with Gasteiger partial charge < -0.3 is 20.3 Å². The van der Waals surface area contributed by atoms with Crippen molar-refractivity contribution in [3.8, 4) is 11.4 Å². The third-order valence-corrected chi connectivity index (χ3v) is 5.42. The zero-order valence-electron chi connectivity index (χ0n) is 18.5. The molecule has 0 spiro atoms. The average Bonchev–Trinajstić information content (AvgIpc) is 3.46. The Kier molecular flexibility index (Phi) is 8.48. The van der Waals surface area contributed by atoms with E-state index in [1.807, 2.05) is 36.5 Å². The summed E-state index contributed by atoms with van der Waals surface area (Å²) in [5.74, 6) is 0.326. The first-order valence-electron chi connectivity index (χ1n) is 10.4. The van der Waals surface area contributed by atoms with Gasteiger partial charge in [-0.3, -0.25) is 4.99 Å². The quantitative estimate of drug-likeness (QED) is 0.270. The van der Waals surface area contributed by atoms with Gasteiger partial charge in [-0.2, -0.15) is 5.10 Å². The van der Waals surface area contributed by atoms with Crippen LogP contribution in [0.1, 0.15) is 12.1 Å². The lowest BCUT2D eigenvalue weighted by atomic mass is 10.2. The van der Waals surface area contributed by atoms with Crippen LogP contribution in [0.2, 0.25) is 0 Å². The van der Waals surface area contributed by atoms with E-state index in [0.29, 0.717) is 25.6 Å². The van der Waals surface area contributed by atoms with Crippen molar-refractivity contribution in [3.63, 3.8) is 0 Å². The van der Waals surface area contributed by atoms with E-state index in [1.165, 1.54) is 18.2 Å². The zero-order chi connectivity index (χ0) is 22.5.